The maximum Gasteiger partial charge on any atom is 0.326 e. The number of likely N-dealkylation sites (tertiary alicyclic amines) is 1. The molecule has 9 heteroatoms. The standard InChI is InChI=1S/C14H16FNO6S/c15-23(21,22)8-10-6-13(18)16(7-10)12(14(19)20)5-9-2-1-3-11(17)4-9/h1-4,10,12,17H,5-8H2,(H,19,20). The van der Waals surface area contributed by atoms with E-state index in [1.54, 1.807) is 12.1 Å². The number of hydrogen-bond acceptors (Lipinski definition) is 5. The third-order valence-corrected chi connectivity index (χ3v) is 4.54. The van der Waals surface area contributed by atoms with E-state index in [4.69, 9.17) is 0 Å². The first-order valence-electron chi connectivity index (χ1n) is 6.88. The Kier molecular flexibility index (Phi) is 4.88. The van der Waals surface area contributed by atoms with E-state index in [0.29, 0.717) is 5.56 Å². The first kappa shape index (κ1) is 17.2. The number of hydrogen-bond donors (Lipinski definition) is 2. The normalized spacial score (nSPS) is 19.8. The molecule has 1 fully saturated rings. The molecule has 1 saturated heterocycles. The Balaban J connectivity index is 2.15. The van der Waals surface area contributed by atoms with Crippen LogP contribution in [-0.2, 0) is 26.2 Å². The van der Waals surface area contributed by atoms with E-state index in [1.165, 1.54) is 12.1 Å². The summed E-state index contributed by atoms with van der Waals surface area (Å²) in [6, 6.07) is 4.78. The predicted octanol–water partition coefficient (Wildman–Crippen LogP) is 0.536. The summed E-state index contributed by atoms with van der Waals surface area (Å²) in [4.78, 5) is 24.5. The molecule has 126 valence electrons. The Hall–Kier alpha value is -2.16. The molecule has 2 atom stereocenters. The van der Waals surface area contributed by atoms with Gasteiger partial charge in [-0.1, -0.05) is 12.1 Å². The van der Waals surface area contributed by atoms with Gasteiger partial charge in [-0.25, -0.2) is 4.79 Å². The number of halogens is 1. The van der Waals surface area contributed by atoms with Crippen LogP contribution in [0.5, 0.6) is 5.75 Å². The average molecular weight is 345 g/mol. The van der Waals surface area contributed by atoms with Crippen LogP contribution >= 0.6 is 0 Å². The van der Waals surface area contributed by atoms with Crippen molar-refractivity contribution in [2.75, 3.05) is 12.3 Å². The molecule has 1 aliphatic heterocycles. The second kappa shape index (κ2) is 6.53. The summed E-state index contributed by atoms with van der Waals surface area (Å²) in [5, 5.41) is 18.8. The number of carbonyl (C=O) groups excluding carboxylic acids is 1. The van der Waals surface area contributed by atoms with Gasteiger partial charge in [-0.05, 0) is 17.7 Å². The monoisotopic (exact) mass is 345 g/mol. The largest absolute Gasteiger partial charge is 0.508 e. The van der Waals surface area contributed by atoms with E-state index in [-0.39, 0.29) is 25.1 Å². The minimum atomic E-state index is -4.72. The Morgan fingerprint density at radius 3 is 2.70 bits per heavy atom. The molecule has 1 aromatic rings. The molecule has 2 rings (SSSR count). The van der Waals surface area contributed by atoms with Gasteiger partial charge in [0, 0.05) is 25.3 Å². The molecule has 0 aliphatic carbocycles. The molecule has 0 bridgehead atoms. The fraction of sp³-hybridized carbons (Fsp3) is 0.429. The van der Waals surface area contributed by atoms with Gasteiger partial charge in [-0.3, -0.25) is 4.79 Å². The van der Waals surface area contributed by atoms with Crippen molar-refractivity contribution in [3.8, 4) is 5.75 Å². The number of rotatable bonds is 6. The first-order valence-corrected chi connectivity index (χ1v) is 8.43. The number of aromatic hydroxyl groups is 1. The molecule has 0 aromatic heterocycles. The molecule has 0 saturated carbocycles. The fourth-order valence-corrected chi connectivity index (χ4v) is 3.53. The maximum absolute atomic E-state index is 12.7. The quantitative estimate of drug-likeness (QED) is 0.728. The Morgan fingerprint density at radius 2 is 2.13 bits per heavy atom. The van der Waals surface area contributed by atoms with Gasteiger partial charge < -0.3 is 15.1 Å². The third kappa shape index (κ3) is 4.65. The van der Waals surface area contributed by atoms with Crippen LogP contribution in [-0.4, -0.2) is 53.7 Å². The van der Waals surface area contributed by atoms with Gasteiger partial charge in [0.15, 0.2) is 0 Å². The van der Waals surface area contributed by atoms with E-state index in [1.807, 2.05) is 0 Å². The fourth-order valence-electron chi connectivity index (χ4n) is 2.74. The van der Waals surface area contributed by atoms with Crippen LogP contribution in [0.25, 0.3) is 0 Å². The summed E-state index contributed by atoms with van der Waals surface area (Å²) in [7, 11) is -4.72. The van der Waals surface area contributed by atoms with Gasteiger partial charge in [-0.2, -0.15) is 8.42 Å². The SMILES string of the molecule is O=C(O)C(Cc1cccc(O)c1)N1CC(CS(=O)(=O)F)CC1=O. The number of carbonyl (C=O) groups is 2. The lowest BCUT2D eigenvalue weighted by Crippen LogP contribution is -2.43. The van der Waals surface area contributed by atoms with Gasteiger partial charge >= 0.3 is 16.2 Å². The van der Waals surface area contributed by atoms with Crippen molar-refractivity contribution in [3.63, 3.8) is 0 Å². The highest BCUT2D eigenvalue weighted by Gasteiger charge is 2.39. The van der Waals surface area contributed by atoms with E-state index in [0.717, 1.165) is 4.90 Å². The van der Waals surface area contributed by atoms with Crippen molar-refractivity contribution in [1.29, 1.82) is 0 Å². The van der Waals surface area contributed by atoms with E-state index >= 15 is 0 Å². The average Bonchev–Trinajstić information content (AvgIpc) is 2.74. The van der Waals surface area contributed by atoms with Crippen molar-refractivity contribution in [1.82, 2.24) is 4.90 Å². The summed E-state index contributed by atoms with van der Waals surface area (Å²) in [6.07, 6.45) is -0.239. The zero-order chi connectivity index (χ0) is 17.2. The molecule has 1 amide bonds. The molecule has 7 nitrogen and oxygen atoms in total. The molecule has 0 spiro atoms. The van der Waals surface area contributed by atoms with Crippen LogP contribution in [0.4, 0.5) is 3.89 Å². The van der Waals surface area contributed by atoms with Crippen molar-refractivity contribution in [2.24, 2.45) is 5.92 Å². The van der Waals surface area contributed by atoms with E-state index in [2.05, 4.69) is 0 Å². The number of carboxylic acids is 1. The summed E-state index contributed by atoms with van der Waals surface area (Å²) in [5.41, 5.74) is 0.520. The van der Waals surface area contributed by atoms with E-state index < -0.39 is 39.8 Å². The highest BCUT2D eigenvalue weighted by molar-refractivity contribution is 7.86. The topological polar surface area (TPSA) is 112 Å². The molecule has 2 N–H and O–H groups in total. The van der Waals surface area contributed by atoms with Gasteiger partial charge in [0.25, 0.3) is 0 Å². The van der Waals surface area contributed by atoms with Gasteiger partial charge in [0.1, 0.15) is 11.8 Å². The zero-order valence-corrected chi connectivity index (χ0v) is 12.9. The minimum absolute atomic E-state index is 0.0270. The molecule has 1 aromatic carbocycles. The highest BCUT2D eigenvalue weighted by Crippen LogP contribution is 2.24. The molecule has 0 radical (unpaired) electrons. The Labute approximate surface area is 132 Å². The molecular weight excluding hydrogens is 329 g/mol. The lowest BCUT2D eigenvalue weighted by molar-refractivity contribution is -0.148. The number of phenols is 1. The van der Waals surface area contributed by atoms with Crippen LogP contribution in [0, 0.1) is 5.92 Å². The van der Waals surface area contributed by atoms with Crippen molar-refractivity contribution >= 4 is 22.1 Å². The van der Waals surface area contributed by atoms with Crippen LogP contribution in [0.1, 0.15) is 12.0 Å². The predicted molar refractivity (Wildman–Crippen MR) is 77.9 cm³/mol. The smallest absolute Gasteiger partial charge is 0.326 e. The zero-order valence-electron chi connectivity index (χ0n) is 12.1. The van der Waals surface area contributed by atoms with Gasteiger partial charge in [0.2, 0.25) is 5.91 Å². The number of nitrogens with zero attached hydrogens (tertiary/aromatic N) is 1. The molecule has 23 heavy (non-hydrogen) atoms. The first-order chi connectivity index (χ1) is 10.7. The maximum atomic E-state index is 12.7. The number of amides is 1. The second-order valence-electron chi connectivity index (χ2n) is 5.55. The van der Waals surface area contributed by atoms with Crippen LogP contribution in [0.3, 0.4) is 0 Å². The Bertz CT molecular complexity index is 720. The number of phenolic OH excluding ortho intramolecular Hbond substituents is 1. The second-order valence-corrected chi connectivity index (χ2v) is 6.96. The molecule has 1 heterocycles. The summed E-state index contributed by atoms with van der Waals surface area (Å²) >= 11 is 0. The summed E-state index contributed by atoms with van der Waals surface area (Å²) < 4.78 is 34.1. The number of benzene rings is 1. The number of carboxylic acid groups (broad SMARTS) is 1. The molecule has 2 unspecified atom stereocenters. The van der Waals surface area contributed by atoms with Crippen LogP contribution in [0.2, 0.25) is 0 Å². The molecule has 1 aliphatic rings. The summed E-state index contributed by atoms with van der Waals surface area (Å²) in [6.45, 7) is -0.127. The van der Waals surface area contributed by atoms with Crippen LogP contribution < -0.4 is 0 Å². The lowest BCUT2D eigenvalue weighted by atomic mass is 10.0. The Morgan fingerprint density at radius 1 is 1.43 bits per heavy atom. The molecular formula is C14H16FNO6S. The van der Waals surface area contributed by atoms with Crippen LogP contribution in [0.15, 0.2) is 24.3 Å². The van der Waals surface area contributed by atoms with Crippen molar-refractivity contribution in [2.45, 2.75) is 18.9 Å². The summed E-state index contributed by atoms with van der Waals surface area (Å²) in [5.74, 6) is -3.35. The van der Waals surface area contributed by atoms with Gasteiger partial charge in [0.05, 0.1) is 5.75 Å². The number of aliphatic carboxylic acids is 1. The van der Waals surface area contributed by atoms with Crippen molar-refractivity contribution in [3.05, 3.63) is 29.8 Å². The van der Waals surface area contributed by atoms with E-state index in [9.17, 15) is 32.1 Å². The third-order valence-electron chi connectivity index (χ3n) is 3.67. The highest BCUT2D eigenvalue weighted by atomic mass is 32.3. The lowest BCUT2D eigenvalue weighted by Gasteiger charge is -2.24. The minimum Gasteiger partial charge on any atom is -0.508 e. The van der Waals surface area contributed by atoms with Gasteiger partial charge in [-0.15, -0.1) is 3.89 Å². The van der Waals surface area contributed by atoms with Crippen molar-refractivity contribution < 1.29 is 32.1 Å².